The Hall–Kier alpha value is -2.49. The van der Waals surface area contributed by atoms with Gasteiger partial charge in [-0.1, -0.05) is 48.7 Å². The van der Waals surface area contributed by atoms with Crippen LogP contribution in [0, 0.1) is 0 Å². The van der Waals surface area contributed by atoms with Crippen LogP contribution in [0.25, 0.3) is 0 Å². The van der Waals surface area contributed by atoms with Crippen LogP contribution in [-0.4, -0.2) is 33.0 Å². The molecule has 1 saturated heterocycles. The fourth-order valence-electron chi connectivity index (χ4n) is 4.98. The molecule has 1 amide bonds. The van der Waals surface area contributed by atoms with Gasteiger partial charge in [0.2, 0.25) is 17.7 Å². The molecule has 2 aromatic heterocycles. The molecule has 1 aromatic carbocycles. The van der Waals surface area contributed by atoms with Crippen molar-refractivity contribution in [2.75, 3.05) is 0 Å². The Labute approximate surface area is 222 Å². The highest BCUT2D eigenvalue weighted by molar-refractivity contribution is 7.78. The lowest BCUT2D eigenvalue weighted by Crippen LogP contribution is -2.54. The summed E-state index contributed by atoms with van der Waals surface area (Å²) in [6.45, 7) is 0. The lowest BCUT2D eigenvalue weighted by Gasteiger charge is -2.45. The number of ketones is 1. The van der Waals surface area contributed by atoms with Crippen LogP contribution in [0.1, 0.15) is 54.8 Å². The molecule has 5 nitrogen and oxygen atoms in total. The average molecular weight is 549 g/mol. The van der Waals surface area contributed by atoms with Crippen LogP contribution in [0.5, 0.6) is 5.88 Å². The number of ether oxygens (including phenoxy) is 1. The van der Waals surface area contributed by atoms with E-state index >= 15 is 0 Å². The number of piperidine rings is 1. The Morgan fingerprint density at radius 1 is 1.08 bits per heavy atom. The molecule has 2 unspecified atom stereocenters. The molecule has 3 heterocycles. The summed E-state index contributed by atoms with van der Waals surface area (Å²) in [4.78, 5) is 31.9. The smallest absolute Gasteiger partial charge is 0.248 e. The summed E-state index contributed by atoms with van der Waals surface area (Å²) in [6.07, 6.45) is -0.454. The van der Waals surface area contributed by atoms with Gasteiger partial charge < -0.3 is 4.74 Å². The molecule has 1 saturated carbocycles. The fraction of sp³-hybridized carbons (Fsp3) is 0.346. The summed E-state index contributed by atoms with van der Waals surface area (Å²) in [5.41, 5.74) is 0.275. The highest BCUT2D eigenvalue weighted by atomic mass is 35.5. The third kappa shape index (κ3) is 4.53. The molecule has 3 aromatic rings. The van der Waals surface area contributed by atoms with E-state index in [1.54, 1.807) is 42.5 Å². The van der Waals surface area contributed by atoms with Gasteiger partial charge in [-0.15, -0.1) is 0 Å². The number of aromatic nitrogens is 1. The summed E-state index contributed by atoms with van der Waals surface area (Å²) in [7, 11) is 0. The second-order valence-electron chi connectivity index (χ2n) is 9.15. The number of rotatable bonds is 5. The van der Waals surface area contributed by atoms with E-state index in [-0.39, 0.29) is 49.9 Å². The predicted molar refractivity (Wildman–Crippen MR) is 137 cm³/mol. The van der Waals surface area contributed by atoms with Crippen molar-refractivity contribution in [3.8, 4) is 5.88 Å². The molecule has 0 radical (unpaired) electrons. The summed E-state index contributed by atoms with van der Waals surface area (Å²) < 4.78 is 34.4. The zero-order valence-electron chi connectivity index (χ0n) is 19.1. The van der Waals surface area contributed by atoms with E-state index in [2.05, 4.69) is 17.8 Å². The number of pyridine rings is 1. The summed E-state index contributed by atoms with van der Waals surface area (Å²) in [6, 6.07) is 13.7. The van der Waals surface area contributed by atoms with E-state index < -0.39 is 23.3 Å². The van der Waals surface area contributed by atoms with E-state index in [0.29, 0.717) is 21.8 Å². The molecule has 10 heteroatoms. The number of hydrogen-bond donors (Lipinski definition) is 1. The second kappa shape index (κ2) is 9.76. The Morgan fingerprint density at radius 3 is 2.53 bits per heavy atom. The number of nitrogens with zero attached hydrogens (tertiary/aromatic N) is 2. The quantitative estimate of drug-likeness (QED) is 0.295. The zero-order chi connectivity index (χ0) is 25.5. The van der Waals surface area contributed by atoms with Crippen LogP contribution < -0.4 is 4.74 Å². The van der Waals surface area contributed by atoms with E-state index in [1.165, 1.54) is 15.6 Å². The van der Waals surface area contributed by atoms with Gasteiger partial charge in [0.05, 0.1) is 5.69 Å². The Morgan fingerprint density at radius 2 is 1.83 bits per heavy atom. The van der Waals surface area contributed by atoms with Crippen LogP contribution in [-0.2, 0) is 15.1 Å². The summed E-state index contributed by atoms with van der Waals surface area (Å²) in [5.74, 6) is -4.28. The molecule has 2 aliphatic rings. The van der Waals surface area contributed by atoms with Crippen molar-refractivity contribution in [3.63, 3.8) is 0 Å². The number of halogens is 3. The van der Waals surface area contributed by atoms with Gasteiger partial charge in [-0.05, 0) is 52.9 Å². The SMILES string of the molecule is O=C1CC(c2ccsc2)(c2cccc(OC3CCC(F)(F)CC3)n2)N(S)C(=O)C1c1ccccc1Cl. The van der Waals surface area contributed by atoms with E-state index in [9.17, 15) is 18.4 Å². The first kappa shape index (κ1) is 25.2. The monoisotopic (exact) mass is 548 g/mol. The first-order chi connectivity index (χ1) is 17.2. The molecule has 0 spiro atoms. The number of carbonyl (C=O) groups is 2. The standard InChI is InChI=1S/C26H23ClF2N2O3S2/c27-19-5-2-1-4-18(19)23-20(32)14-26(31(35)24(23)33,16-10-13-36-15-16)21-6-3-7-22(30-21)34-17-8-11-25(28,29)12-9-17/h1-7,10,13,15,17,23,35H,8-9,11-12,14H2. The zero-order valence-corrected chi connectivity index (χ0v) is 21.5. The van der Waals surface area contributed by atoms with Gasteiger partial charge in [-0.25, -0.2) is 13.8 Å². The minimum atomic E-state index is -2.66. The largest absolute Gasteiger partial charge is 0.474 e. The van der Waals surface area contributed by atoms with Gasteiger partial charge in [-0.2, -0.15) is 11.3 Å². The Bertz CT molecular complexity index is 1280. The van der Waals surface area contributed by atoms with Gasteiger partial charge in [0.15, 0.2) is 5.78 Å². The molecule has 0 bridgehead atoms. The van der Waals surface area contributed by atoms with Gasteiger partial charge in [-0.3, -0.25) is 13.9 Å². The maximum atomic E-state index is 13.7. The molecule has 1 aliphatic heterocycles. The van der Waals surface area contributed by atoms with Crippen LogP contribution in [0.2, 0.25) is 5.02 Å². The second-order valence-corrected chi connectivity index (χ2v) is 10.7. The average Bonchev–Trinajstić information content (AvgIpc) is 3.40. The first-order valence-corrected chi connectivity index (χ1v) is 13.3. The number of benzene rings is 1. The van der Waals surface area contributed by atoms with Gasteiger partial charge in [0.25, 0.3) is 0 Å². The molecular weight excluding hydrogens is 526 g/mol. The molecule has 36 heavy (non-hydrogen) atoms. The van der Waals surface area contributed by atoms with Gasteiger partial charge in [0, 0.05) is 30.4 Å². The van der Waals surface area contributed by atoms with Crippen LogP contribution in [0.15, 0.2) is 59.3 Å². The van der Waals surface area contributed by atoms with Crippen molar-refractivity contribution in [2.45, 2.75) is 55.6 Å². The summed E-state index contributed by atoms with van der Waals surface area (Å²) in [5, 5.41) is 4.05. The molecule has 0 N–H and O–H groups in total. The van der Waals surface area contributed by atoms with Crippen molar-refractivity contribution in [3.05, 3.63) is 81.1 Å². The predicted octanol–water partition coefficient (Wildman–Crippen LogP) is 6.43. The topological polar surface area (TPSA) is 59.5 Å². The number of alkyl halides is 2. The number of thiophene rings is 1. The van der Waals surface area contributed by atoms with E-state index in [4.69, 9.17) is 16.3 Å². The normalized spacial score (nSPS) is 24.7. The first-order valence-electron chi connectivity index (χ1n) is 11.6. The molecule has 1 aliphatic carbocycles. The lowest BCUT2D eigenvalue weighted by atomic mass is 9.75. The number of hydrogen-bond acceptors (Lipinski definition) is 6. The van der Waals surface area contributed by atoms with Crippen molar-refractivity contribution in [1.82, 2.24) is 9.29 Å². The van der Waals surface area contributed by atoms with Gasteiger partial charge in [0.1, 0.15) is 17.6 Å². The molecule has 2 fully saturated rings. The maximum Gasteiger partial charge on any atom is 0.248 e. The third-order valence-electron chi connectivity index (χ3n) is 6.88. The van der Waals surface area contributed by atoms with Crippen LogP contribution in [0.4, 0.5) is 8.78 Å². The molecule has 5 rings (SSSR count). The van der Waals surface area contributed by atoms with E-state index in [1.807, 2.05) is 16.8 Å². The van der Waals surface area contributed by atoms with Crippen LogP contribution >= 0.6 is 35.8 Å². The van der Waals surface area contributed by atoms with Crippen molar-refractivity contribution < 1.29 is 23.1 Å². The molecular formula is C26H23ClF2N2O3S2. The molecule has 188 valence electrons. The fourth-order valence-corrected chi connectivity index (χ4v) is 6.35. The number of carbonyl (C=O) groups excluding carboxylic acids is 2. The highest BCUT2D eigenvalue weighted by Gasteiger charge is 2.54. The van der Waals surface area contributed by atoms with Gasteiger partial charge >= 0.3 is 0 Å². The number of amides is 1. The minimum absolute atomic E-state index is 0.0685. The van der Waals surface area contributed by atoms with E-state index in [0.717, 1.165) is 0 Å². The Kier molecular flexibility index (Phi) is 6.82. The summed E-state index contributed by atoms with van der Waals surface area (Å²) >= 11 is 12.4. The number of thiol groups is 1. The number of Topliss-reactive ketones (excluding diaryl/α,β-unsaturated/α-hetero) is 1. The van der Waals surface area contributed by atoms with Crippen LogP contribution in [0.3, 0.4) is 0 Å². The third-order valence-corrected chi connectivity index (χ3v) is 8.45. The minimum Gasteiger partial charge on any atom is -0.474 e. The van der Waals surface area contributed by atoms with Crippen molar-refractivity contribution >= 4 is 47.4 Å². The van der Waals surface area contributed by atoms with Crippen molar-refractivity contribution in [1.29, 1.82) is 0 Å². The molecule has 2 atom stereocenters. The Balaban J connectivity index is 1.51. The highest BCUT2D eigenvalue weighted by Crippen LogP contribution is 2.48. The lowest BCUT2D eigenvalue weighted by molar-refractivity contribution is -0.142. The maximum absolute atomic E-state index is 13.7. The van der Waals surface area contributed by atoms with Crippen molar-refractivity contribution in [2.24, 2.45) is 0 Å².